The number of carbonyl (C=O) groups is 1. The Kier molecular flexibility index (Phi) is 4.83. The van der Waals surface area contributed by atoms with E-state index in [2.05, 4.69) is 46.5 Å². The van der Waals surface area contributed by atoms with Crippen molar-refractivity contribution in [2.75, 3.05) is 11.9 Å². The van der Waals surface area contributed by atoms with Gasteiger partial charge in [-0.1, -0.05) is 54.6 Å². The molecule has 1 aromatic heterocycles. The fraction of sp³-hybridized carbons (Fsp3) is 0.227. The van der Waals surface area contributed by atoms with Crippen LogP contribution in [-0.2, 0) is 13.0 Å². The van der Waals surface area contributed by atoms with Crippen LogP contribution in [0.25, 0.3) is 0 Å². The minimum absolute atomic E-state index is 0.0211. The van der Waals surface area contributed by atoms with Crippen LogP contribution in [0.3, 0.4) is 0 Å². The van der Waals surface area contributed by atoms with Crippen molar-refractivity contribution in [2.24, 2.45) is 0 Å². The molecule has 3 aromatic rings. The zero-order chi connectivity index (χ0) is 18.6. The summed E-state index contributed by atoms with van der Waals surface area (Å²) in [6.07, 6.45) is 4.10. The Morgan fingerprint density at radius 3 is 2.41 bits per heavy atom. The minimum Gasteiger partial charge on any atom is -0.348 e. The van der Waals surface area contributed by atoms with Crippen LogP contribution >= 0.6 is 0 Å². The van der Waals surface area contributed by atoms with E-state index < -0.39 is 0 Å². The normalized spacial score (nSPS) is 14.3. The Morgan fingerprint density at radius 2 is 1.67 bits per heavy atom. The van der Waals surface area contributed by atoms with Crippen LogP contribution in [0.2, 0.25) is 0 Å². The van der Waals surface area contributed by atoms with Gasteiger partial charge in [-0.2, -0.15) is 0 Å². The quantitative estimate of drug-likeness (QED) is 0.770. The summed E-state index contributed by atoms with van der Waals surface area (Å²) in [5.74, 6) is 0.499. The van der Waals surface area contributed by atoms with Gasteiger partial charge >= 0.3 is 0 Å². The molecule has 5 nitrogen and oxygen atoms in total. The number of nitrogens with zero attached hydrogens (tertiary/aromatic N) is 3. The van der Waals surface area contributed by atoms with Crippen molar-refractivity contribution in [3.8, 4) is 0 Å². The summed E-state index contributed by atoms with van der Waals surface area (Å²) in [7, 11) is 0. The lowest BCUT2D eigenvalue weighted by Gasteiger charge is -2.28. The highest BCUT2D eigenvalue weighted by atomic mass is 16.2. The molecule has 0 fully saturated rings. The molecule has 0 radical (unpaired) electrons. The number of anilines is 1. The molecule has 0 saturated heterocycles. The number of carbonyl (C=O) groups excluding carboxylic acids is 1. The van der Waals surface area contributed by atoms with Crippen molar-refractivity contribution in [3.05, 3.63) is 89.2 Å². The summed E-state index contributed by atoms with van der Waals surface area (Å²) >= 11 is 0. The number of fused-ring (bicyclic) bond motifs is 1. The van der Waals surface area contributed by atoms with Crippen molar-refractivity contribution < 1.29 is 4.79 Å². The van der Waals surface area contributed by atoms with Crippen molar-refractivity contribution in [1.82, 2.24) is 14.9 Å². The van der Waals surface area contributed by atoms with E-state index in [0.29, 0.717) is 18.1 Å². The average molecular weight is 358 g/mol. The van der Waals surface area contributed by atoms with E-state index in [4.69, 9.17) is 0 Å². The number of hydrogen-bond donors (Lipinski definition) is 1. The average Bonchev–Trinajstić information content (AvgIpc) is 2.74. The number of nitrogens with one attached hydrogen (secondary N) is 1. The van der Waals surface area contributed by atoms with Gasteiger partial charge in [0.05, 0.1) is 11.6 Å². The van der Waals surface area contributed by atoms with Gasteiger partial charge in [-0.3, -0.25) is 4.79 Å². The van der Waals surface area contributed by atoms with E-state index in [9.17, 15) is 4.79 Å². The summed E-state index contributed by atoms with van der Waals surface area (Å²) in [6.45, 7) is 3.42. The largest absolute Gasteiger partial charge is 0.348 e. The Morgan fingerprint density at radius 1 is 1.00 bits per heavy atom. The first kappa shape index (κ1) is 17.2. The van der Waals surface area contributed by atoms with Gasteiger partial charge in [0.25, 0.3) is 5.91 Å². The molecule has 136 valence electrons. The van der Waals surface area contributed by atoms with Crippen LogP contribution in [0.15, 0.2) is 67.0 Å². The van der Waals surface area contributed by atoms with Gasteiger partial charge in [-0.15, -0.1) is 0 Å². The fourth-order valence-corrected chi connectivity index (χ4v) is 3.38. The van der Waals surface area contributed by atoms with Gasteiger partial charge in [0, 0.05) is 25.5 Å². The molecule has 1 aliphatic rings. The molecule has 5 heteroatoms. The van der Waals surface area contributed by atoms with Crippen LogP contribution in [0, 0.1) is 0 Å². The maximum absolute atomic E-state index is 12.8. The highest BCUT2D eigenvalue weighted by Crippen LogP contribution is 2.20. The molecule has 2 aromatic carbocycles. The highest BCUT2D eigenvalue weighted by molar-refractivity contribution is 5.93. The van der Waals surface area contributed by atoms with Gasteiger partial charge in [-0.25, -0.2) is 9.97 Å². The lowest BCUT2D eigenvalue weighted by atomic mass is 9.99. The van der Waals surface area contributed by atoms with Crippen LogP contribution in [-0.4, -0.2) is 27.3 Å². The molecule has 1 N–H and O–H groups in total. The van der Waals surface area contributed by atoms with Crippen LogP contribution in [0.5, 0.6) is 0 Å². The molecular weight excluding hydrogens is 336 g/mol. The maximum Gasteiger partial charge on any atom is 0.257 e. The third-order valence-corrected chi connectivity index (χ3v) is 4.96. The molecule has 27 heavy (non-hydrogen) atoms. The van der Waals surface area contributed by atoms with Gasteiger partial charge in [-0.05, 0) is 30.0 Å². The summed E-state index contributed by atoms with van der Waals surface area (Å²) < 4.78 is 0. The molecule has 1 aliphatic heterocycles. The SMILES string of the molecule is CC(Nc1ncc(C(=O)N2CCc3ccccc3C2)cn1)c1ccccc1. The molecular formula is C22H22N4O. The van der Waals surface area contributed by atoms with Gasteiger partial charge < -0.3 is 10.2 Å². The fourth-order valence-electron chi connectivity index (χ4n) is 3.38. The predicted molar refractivity (Wildman–Crippen MR) is 105 cm³/mol. The Balaban J connectivity index is 1.42. The number of aromatic nitrogens is 2. The Hall–Kier alpha value is -3.21. The summed E-state index contributed by atoms with van der Waals surface area (Å²) in [5, 5.41) is 3.27. The van der Waals surface area contributed by atoms with Gasteiger partial charge in [0.15, 0.2) is 0 Å². The third-order valence-electron chi connectivity index (χ3n) is 4.96. The zero-order valence-corrected chi connectivity index (χ0v) is 15.3. The molecule has 1 amide bonds. The summed E-state index contributed by atoms with van der Waals surface area (Å²) in [4.78, 5) is 23.3. The van der Waals surface area contributed by atoms with Gasteiger partial charge in [0.2, 0.25) is 5.95 Å². The topological polar surface area (TPSA) is 58.1 Å². The third kappa shape index (κ3) is 3.82. The number of hydrogen-bond acceptors (Lipinski definition) is 4. The lowest BCUT2D eigenvalue weighted by molar-refractivity contribution is 0.0734. The lowest BCUT2D eigenvalue weighted by Crippen LogP contribution is -2.36. The maximum atomic E-state index is 12.8. The second-order valence-electron chi connectivity index (χ2n) is 6.82. The Labute approximate surface area is 159 Å². The monoisotopic (exact) mass is 358 g/mol. The first-order chi connectivity index (χ1) is 13.2. The van der Waals surface area contributed by atoms with E-state index in [-0.39, 0.29) is 11.9 Å². The number of benzene rings is 2. The molecule has 0 spiro atoms. The van der Waals surface area contributed by atoms with Crippen LogP contribution in [0.1, 0.15) is 40.0 Å². The standard InChI is InChI=1S/C22H22N4O/c1-16(17-7-3-2-4-8-17)25-22-23-13-20(14-24-22)21(27)26-12-11-18-9-5-6-10-19(18)15-26/h2-10,13-14,16H,11-12,15H2,1H3,(H,23,24,25). The zero-order valence-electron chi connectivity index (χ0n) is 15.3. The first-order valence-corrected chi connectivity index (χ1v) is 9.20. The molecule has 1 atom stereocenters. The molecule has 0 aliphatic carbocycles. The molecule has 2 heterocycles. The molecule has 0 bridgehead atoms. The predicted octanol–water partition coefficient (Wildman–Crippen LogP) is 3.85. The second kappa shape index (κ2) is 7.58. The summed E-state index contributed by atoms with van der Waals surface area (Å²) in [6, 6.07) is 18.5. The number of amides is 1. The van der Waals surface area contributed by atoms with Crippen molar-refractivity contribution in [1.29, 1.82) is 0 Å². The summed E-state index contributed by atoms with van der Waals surface area (Å²) in [5.41, 5.74) is 4.22. The molecule has 1 unspecified atom stereocenters. The van der Waals surface area contributed by atoms with Crippen LogP contribution < -0.4 is 5.32 Å². The van der Waals surface area contributed by atoms with E-state index in [1.54, 1.807) is 12.4 Å². The van der Waals surface area contributed by atoms with Crippen molar-refractivity contribution in [2.45, 2.75) is 25.9 Å². The number of rotatable bonds is 4. The highest BCUT2D eigenvalue weighted by Gasteiger charge is 2.22. The minimum atomic E-state index is -0.0211. The smallest absolute Gasteiger partial charge is 0.257 e. The van der Waals surface area contributed by atoms with E-state index in [0.717, 1.165) is 18.5 Å². The molecule has 0 saturated carbocycles. The van der Waals surface area contributed by atoms with Gasteiger partial charge in [0.1, 0.15) is 0 Å². The van der Waals surface area contributed by atoms with Crippen LogP contribution in [0.4, 0.5) is 5.95 Å². The first-order valence-electron chi connectivity index (χ1n) is 9.20. The Bertz CT molecular complexity index is 925. The van der Waals surface area contributed by atoms with E-state index in [1.165, 1.54) is 11.1 Å². The van der Waals surface area contributed by atoms with E-state index in [1.807, 2.05) is 35.2 Å². The second-order valence-corrected chi connectivity index (χ2v) is 6.82. The molecule has 4 rings (SSSR count). The van der Waals surface area contributed by atoms with E-state index >= 15 is 0 Å². The van der Waals surface area contributed by atoms with Crippen molar-refractivity contribution >= 4 is 11.9 Å². The van der Waals surface area contributed by atoms with Crippen molar-refractivity contribution in [3.63, 3.8) is 0 Å².